The normalized spacial score (nSPS) is 37.7. The fraction of sp³-hybridized carbons (Fsp3) is 0.895. The molecule has 0 bridgehead atoms. The Labute approximate surface area is 367 Å². The molecule has 334 valence electrons. The maximum atomic E-state index is 3.34. The van der Waals surface area contributed by atoms with Gasteiger partial charge in [0.25, 0.3) is 0 Å². The molecule has 0 amide bonds. The molecule has 1 aliphatic heterocycles. The van der Waals surface area contributed by atoms with Crippen LogP contribution in [-0.2, 0) is 0 Å². The van der Waals surface area contributed by atoms with Crippen molar-refractivity contribution in [3.05, 3.63) is 35.1 Å². The number of allylic oxidation sites excluding steroid dienone is 4. The highest BCUT2D eigenvalue weighted by Crippen LogP contribution is 2.65. The Hall–Kier alpha value is -1.02. The molecule has 1 saturated heterocycles. The molecule has 8 aliphatic rings. The lowest BCUT2D eigenvalue weighted by molar-refractivity contribution is -0.00867. The van der Waals surface area contributed by atoms with E-state index in [1.165, 1.54) is 154 Å². The van der Waals surface area contributed by atoms with Crippen LogP contribution in [-0.4, -0.2) is 39.5 Å². The molecule has 2 nitrogen and oxygen atoms in total. The lowest BCUT2D eigenvalue weighted by Gasteiger charge is -2.54. The second kappa shape index (κ2) is 17.2. The minimum Gasteiger partial charge on any atom is -0.369 e. The van der Waals surface area contributed by atoms with E-state index in [1.807, 2.05) is 5.57 Å². The molecule has 5 fully saturated rings. The highest BCUT2D eigenvalue weighted by Gasteiger charge is 2.65. The molecular formula is C57H96N2. The van der Waals surface area contributed by atoms with Crippen LogP contribution in [0.4, 0.5) is 0 Å². The summed E-state index contributed by atoms with van der Waals surface area (Å²) in [6.45, 7) is 28.4. The van der Waals surface area contributed by atoms with E-state index in [2.05, 4.69) is 104 Å². The standard InChI is InChI=1S/C57H96N2/c1-53(2,3)44-26-28-47(29-27-44)58(49-37-45(54(4,5)6)36-46(38-49)55(7,8)9)48-33-43(41-23-17-13-18-24-41)34-50(39-48)59-52-30-25-42(40-21-15-12-16-22-40)35-51(52)57(56(59,10)11)31-19-14-20-32-57/h23,26,39-40,42-43,45-47,49-52H,12-22,24-25,27-38H2,1-11H3. The Morgan fingerprint density at radius 3 is 1.90 bits per heavy atom. The molecule has 1 spiro atoms. The predicted octanol–water partition coefficient (Wildman–Crippen LogP) is 16.3. The number of likely N-dealkylation sites (tertiary alicyclic amines) is 1. The van der Waals surface area contributed by atoms with Gasteiger partial charge in [-0.1, -0.05) is 137 Å². The van der Waals surface area contributed by atoms with Crippen molar-refractivity contribution in [2.24, 2.45) is 57.2 Å². The molecule has 0 aromatic rings. The summed E-state index contributed by atoms with van der Waals surface area (Å²) < 4.78 is 0. The molecule has 0 radical (unpaired) electrons. The highest BCUT2D eigenvalue weighted by atomic mass is 15.3. The van der Waals surface area contributed by atoms with E-state index in [9.17, 15) is 0 Å². The molecule has 0 aromatic heterocycles. The third kappa shape index (κ3) is 8.92. The third-order valence-electron chi connectivity index (χ3n) is 20.0. The smallest absolute Gasteiger partial charge is 0.0327 e. The number of rotatable bonds is 6. The van der Waals surface area contributed by atoms with Gasteiger partial charge in [0, 0.05) is 35.4 Å². The van der Waals surface area contributed by atoms with Gasteiger partial charge in [0.15, 0.2) is 0 Å². The SMILES string of the molecule is CC(C)(C)C1=CCC(N(C2=CC(N3C4CCC(C5CCCCC5)CC4C4(CCCCC4)C3(C)C)CC(C3=CCCCC3)C2)C2CC(C(C)(C)C)CC(C(C)(C)C)C2)CC1. The van der Waals surface area contributed by atoms with Crippen molar-refractivity contribution in [1.82, 2.24) is 9.80 Å². The van der Waals surface area contributed by atoms with E-state index in [4.69, 9.17) is 0 Å². The van der Waals surface area contributed by atoms with Crippen LogP contribution in [0.2, 0.25) is 0 Å². The number of nitrogens with zero attached hydrogens (tertiary/aromatic N) is 2. The molecule has 0 N–H and O–H groups in total. The van der Waals surface area contributed by atoms with Crippen LogP contribution >= 0.6 is 0 Å². The molecule has 7 aliphatic carbocycles. The summed E-state index contributed by atoms with van der Waals surface area (Å²) in [6, 6.07) is 2.61. The fourth-order valence-corrected chi connectivity index (χ4v) is 16.4. The second-order valence-corrected chi connectivity index (χ2v) is 26.5. The van der Waals surface area contributed by atoms with E-state index in [1.54, 1.807) is 17.7 Å². The first-order valence-corrected chi connectivity index (χ1v) is 26.5. The van der Waals surface area contributed by atoms with Gasteiger partial charge in [0.2, 0.25) is 0 Å². The number of fused-ring (bicyclic) bond motifs is 2. The van der Waals surface area contributed by atoms with Gasteiger partial charge >= 0.3 is 0 Å². The molecular weight excluding hydrogens is 713 g/mol. The van der Waals surface area contributed by atoms with Gasteiger partial charge in [0.05, 0.1) is 0 Å². The molecule has 2 heteroatoms. The van der Waals surface area contributed by atoms with Crippen LogP contribution in [0.15, 0.2) is 35.1 Å². The summed E-state index contributed by atoms with van der Waals surface area (Å²) in [6.07, 6.45) is 44.2. The number of hydrogen-bond acceptors (Lipinski definition) is 2. The Morgan fingerprint density at radius 1 is 0.627 bits per heavy atom. The zero-order valence-electron chi connectivity index (χ0n) is 41.1. The minimum absolute atomic E-state index is 0.249. The highest BCUT2D eigenvalue weighted by molar-refractivity contribution is 5.27. The summed E-state index contributed by atoms with van der Waals surface area (Å²) in [4.78, 5) is 6.58. The zero-order valence-corrected chi connectivity index (χ0v) is 41.1. The molecule has 1 heterocycles. The largest absolute Gasteiger partial charge is 0.369 e. The molecule has 8 unspecified atom stereocenters. The van der Waals surface area contributed by atoms with Crippen molar-refractivity contribution >= 4 is 0 Å². The van der Waals surface area contributed by atoms with Crippen LogP contribution in [0.3, 0.4) is 0 Å². The molecule has 0 aromatic carbocycles. The Morgan fingerprint density at radius 2 is 1.31 bits per heavy atom. The lowest BCUT2D eigenvalue weighted by atomic mass is 9.54. The van der Waals surface area contributed by atoms with Crippen molar-refractivity contribution in [1.29, 1.82) is 0 Å². The van der Waals surface area contributed by atoms with Crippen LogP contribution in [0.5, 0.6) is 0 Å². The van der Waals surface area contributed by atoms with Crippen molar-refractivity contribution < 1.29 is 0 Å². The van der Waals surface area contributed by atoms with E-state index >= 15 is 0 Å². The average Bonchev–Trinajstić information content (AvgIpc) is 3.39. The lowest BCUT2D eigenvalue weighted by Crippen LogP contribution is -2.56. The van der Waals surface area contributed by atoms with Gasteiger partial charge in [0.1, 0.15) is 0 Å². The molecule has 4 saturated carbocycles. The topological polar surface area (TPSA) is 6.48 Å². The van der Waals surface area contributed by atoms with Crippen LogP contribution in [0.25, 0.3) is 0 Å². The summed E-state index contributed by atoms with van der Waals surface area (Å²) in [7, 11) is 0. The van der Waals surface area contributed by atoms with Gasteiger partial charge < -0.3 is 4.90 Å². The number of hydrogen-bond donors (Lipinski definition) is 0. The molecule has 59 heavy (non-hydrogen) atoms. The van der Waals surface area contributed by atoms with Crippen LogP contribution in [0.1, 0.15) is 237 Å². The summed E-state index contributed by atoms with van der Waals surface area (Å²) in [5.41, 5.74) is 7.09. The van der Waals surface area contributed by atoms with Crippen molar-refractivity contribution in [2.75, 3.05) is 0 Å². The van der Waals surface area contributed by atoms with Gasteiger partial charge in [-0.3, -0.25) is 4.90 Å². The van der Waals surface area contributed by atoms with E-state index in [0.717, 1.165) is 35.6 Å². The zero-order chi connectivity index (χ0) is 42.0. The Balaban J connectivity index is 1.21. The first-order chi connectivity index (χ1) is 27.9. The summed E-state index contributed by atoms with van der Waals surface area (Å²) in [5.74, 6) is 5.18. The van der Waals surface area contributed by atoms with Gasteiger partial charge in [-0.15, -0.1) is 0 Å². The maximum Gasteiger partial charge on any atom is 0.0327 e. The van der Waals surface area contributed by atoms with Crippen LogP contribution in [0, 0.1) is 57.2 Å². The van der Waals surface area contributed by atoms with Gasteiger partial charge in [-0.25, -0.2) is 0 Å². The Kier molecular flexibility index (Phi) is 13.0. The van der Waals surface area contributed by atoms with Crippen LogP contribution < -0.4 is 0 Å². The van der Waals surface area contributed by atoms with Crippen molar-refractivity contribution in [2.45, 2.75) is 266 Å². The summed E-state index contributed by atoms with van der Waals surface area (Å²) in [5, 5.41) is 0. The third-order valence-corrected chi connectivity index (χ3v) is 20.0. The summed E-state index contributed by atoms with van der Waals surface area (Å²) >= 11 is 0. The van der Waals surface area contributed by atoms with E-state index in [-0.39, 0.29) is 11.0 Å². The molecule has 8 atom stereocenters. The van der Waals surface area contributed by atoms with E-state index < -0.39 is 0 Å². The predicted molar refractivity (Wildman–Crippen MR) is 254 cm³/mol. The quantitative estimate of drug-likeness (QED) is 0.247. The average molecular weight is 809 g/mol. The molecule has 8 rings (SSSR count). The van der Waals surface area contributed by atoms with Crippen molar-refractivity contribution in [3.63, 3.8) is 0 Å². The Bertz CT molecular complexity index is 1500. The fourth-order valence-electron chi connectivity index (χ4n) is 16.4. The maximum absolute atomic E-state index is 3.34. The minimum atomic E-state index is 0.249. The monoisotopic (exact) mass is 809 g/mol. The second-order valence-electron chi connectivity index (χ2n) is 26.5. The first-order valence-electron chi connectivity index (χ1n) is 26.5. The van der Waals surface area contributed by atoms with Gasteiger partial charge in [-0.2, -0.15) is 0 Å². The van der Waals surface area contributed by atoms with E-state index in [0.29, 0.717) is 40.3 Å². The first kappa shape index (κ1) is 44.6. The van der Waals surface area contributed by atoms with Crippen molar-refractivity contribution in [3.8, 4) is 0 Å². The van der Waals surface area contributed by atoms with Gasteiger partial charge in [-0.05, 0) is 186 Å².